The van der Waals surface area contributed by atoms with Crippen LogP contribution in [0.1, 0.15) is 35.5 Å². The minimum atomic E-state index is -0.986. The van der Waals surface area contributed by atoms with Gasteiger partial charge in [0.05, 0.1) is 5.69 Å². The molecule has 0 fully saturated rings. The average molecular weight is 273 g/mol. The molecule has 104 valence electrons. The number of aryl methyl sites for hydroxylation is 1. The minimum Gasteiger partial charge on any atom is -0.477 e. The highest BCUT2D eigenvalue weighted by atomic mass is 16.4. The third kappa shape index (κ3) is 1.59. The molecule has 0 amide bonds. The van der Waals surface area contributed by atoms with Gasteiger partial charge >= 0.3 is 5.97 Å². The molecule has 0 atom stereocenters. The van der Waals surface area contributed by atoms with Crippen molar-refractivity contribution in [1.82, 2.24) is 19.7 Å². The number of nitrogens with two attached hydrogens (primary N) is 1. The predicted octanol–water partition coefficient (Wildman–Crippen LogP) is 0.991. The Labute approximate surface area is 115 Å². The lowest BCUT2D eigenvalue weighted by atomic mass is 9.73. The van der Waals surface area contributed by atoms with Gasteiger partial charge in [0, 0.05) is 18.8 Å². The lowest BCUT2D eigenvalue weighted by Gasteiger charge is -2.30. The van der Waals surface area contributed by atoms with Crippen LogP contribution in [0.15, 0.2) is 6.20 Å². The van der Waals surface area contributed by atoms with Crippen LogP contribution in [-0.4, -0.2) is 30.8 Å². The molecule has 0 bridgehead atoms. The molecule has 3 N–H and O–H groups in total. The van der Waals surface area contributed by atoms with E-state index in [0.717, 1.165) is 5.56 Å². The highest BCUT2D eigenvalue weighted by Gasteiger charge is 2.39. The number of fused-ring (bicyclic) bond motifs is 3. The molecule has 1 aliphatic rings. The number of carbonyl (C=O) groups is 1. The first-order valence-electron chi connectivity index (χ1n) is 6.24. The molecule has 0 radical (unpaired) electrons. The predicted molar refractivity (Wildman–Crippen MR) is 72.3 cm³/mol. The molecular formula is C13H15N5O2. The summed E-state index contributed by atoms with van der Waals surface area (Å²) in [6, 6.07) is 0. The summed E-state index contributed by atoms with van der Waals surface area (Å²) in [5.41, 5.74) is 8.36. The fourth-order valence-corrected chi connectivity index (χ4v) is 2.90. The number of carboxylic acids is 1. The average Bonchev–Trinajstić information content (AvgIpc) is 2.69. The van der Waals surface area contributed by atoms with E-state index in [2.05, 4.69) is 15.1 Å². The summed E-state index contributed by atoms with van der Waals surface area (Å²) in [4.78, 5) is 19.7. The van der Waals surface area contributed by atoms with Gasteiger partial charge in [-0.25, -0.2) is 14.8 Å². The van der Waals surface area contributed by atoms with Gasteiger partial charge in [0.2, 0.25) is 5.95 Å². The topological polar surface area (TPSA) is 107 Å². The lowest BCUT2D eigenvalue weighted by Crippen LogP contribution is -2.28. The van der Waals surface area contributed by atoms with Crippen LogP contribution in [0.25, 0.3) is 11.4 Å². The van der Waals surface area contributed by atoms with E-state index in [1.54, 1.807) is 13.2 Å². The zero-order chi connectivity index (χ0) is 14.7. The molecule has 2 aromatic rings. The molecule has 3 rings (SSSR count). The number of hydrogen-bond acceptors (Lipinski definition) is 5. The Hall–Kier alpha value is -2.44. The Kier molecular flexibility index (Phi) is 2.38. The fourth-order valence-electron chi connectivity index (χ4n) is 2.90. The number of rotatable bonds is 1. The summed E-state index contributed by atoms with van der Waals surface area (Å²) < 4.78 is 1.39. The van der Waals surface area contributed by atoms with Crippen molar-refractivity contribution >= 4 is 11.9 Å². The summed E-state index contributed by atoms with van der Waals surface area (Å²) in [5.74, 6) is -0.822. The van der Waals surface area contributed by atoms with Crippen molar-refractivity contribution in [3.05, 3.63) is 23.0 Å². The second-order valence-corrected chi connectivity index (χ2v) is 5.66. The normalized spacial score (nSPS) is 15.6. The van der Waals surface area contributed by atoms with Crippen LogP contribution in [0.5, 0.6) is 0 Å². The quantitative estimate of drug-likeness (QED) is 0.802. The van der Waals surface area contributed by atoms with Gasteiger partial charge in [-0.05, 0) is 17.4 Å². The molecule has 0 aliphatic heterocycles. The number of aromatic carboxylic acids is 1. The van der Waals surface area contributed by atoms with Crippen LogP contribution in [0, 0.1) is 0 Å². The molecule has 0 saturated heterocycles. The van der Waals surface area contributed by atoms with E-state index in [1.165, 1.54) is 4.68 Å². The second-order valence-electron chi connectivity index (χ2n) is 5.66. The van der Waals surface area contributed by atoms with Crippen LogP contribution >= 0.6 is 0 Å². The maximum absolute atomic E-state index is 11.5. The third-order valence-electron chi connectivity index (χ3n) is 3.67. The van der Waals surface area contributed by atoms with Crippen molar-refractivity contribution in [3.63, 3.8) is 0 Å². The second kappa shape index (κ2) is 3.78. The summed E-state index contributed by atoms with van der Waals surface area (Å²) in [6.45, 7) is 4.00. The maximum atomic E-state index is 11.5. The highest BCUT2D eigenvalue weighted by molar-refractivity contribution is 5.91. The van der Waals surface area contributed by atoms with Gasteiger partial charge in [-0.2, -0.15) is 5.10 Å². The molecular weight excluding hydrogens is 258 g/mol. The van der Waals surface area contributed by atoms with Gasteiger partial charge in [0.25, 0.3) is 0 Å². The first kappa shape index (κ1) is 12.6. The smallest absolute Gasteiger partial charge is 0.354 e. The van der Waals surface area contributed by atoms with E-state index in [9.17, 15) is 9.90 Å². The number of nitrogens with zero attached hydrogens (tertiary/aromatic N) is 4. The van der Waals surface area contributed by atoms with Crippen molar-refractivity contribution in [2.75, 3.05) is 5.73 Å². The Morgan fingerprint density at radius 1 is 1.45 bits per heavy atom. The fraction of sp³-hybridized carbons (Fsp3) is 0.385. The summed E-state index contributed by atoms with van der Waals surface area (Å²) >= 11 is 0. The van der Waals surface area contributed by atoms with Crippen molar-refractivity contribution in [1.29, 1.82) is 0 Å². The Balaban J connectivity index is 2.38. The first-order valence-corrected chi connectivity index (χ1v) is 6.24. The number of hydrogen-bond donors (Lipinski definition) is 2. The summed E-state index contributed by atoms with van der Waals surface area (Å²) in [5, 5.41) is 13.8. The zero-order valence-corrected chi connectivity index (χ0v) is 11.5. The zero-order valence-electron chi connectivity index (χ0n) is 11.5. The molecule has 20 heavy (non-hydrogen) atoms. The molecule has 0 saturated carbocycles. The van der Waals surface area contributed by atoms with Crippen LogP contribution in [-0.2, 0) is 18.9 Å². The van der Waals surface area contributed by atoms with Gasteiger partial charge in [-0.1, -0.05) is 13.8 Å². The Bertz CT molecular complexity index is 733. The van der Waals surface area contributed by atoms with Crippen LogP contribution in [0.3, 0.4) is 0 Å². The van der Waals surface area contributed by atoms with Crippen LogP contribution < -0.4 is 5.73 Å². The summed E-state index contributed by atoms with van der Waals surface area (Å²) in [6.07, 6.45) is 2.35. The molecule has 0 spiro atoms. The molecule has 7 heteroatoms. The van der Waals surface area contributed by atoms with E-state index >= 15 is 0 Å². The number of anilines is 1. The van der Waals surface area contributed by atoms with E-state index in [4.69, 9.17) is 5.73 Å². The monoisotopic (exact) mass is 273 g/mol. The van der Waals surface area contributed by atoms with E-state index in [-0.39, 0.29) is 17.1 Å². The van der Waals surface area contributed by atoms with Gasteiger partial charge in [0.15, 0.2) is 0 Å². The van der Waals surface area contributed by atoms with Crippen molar-refractivity contribution in [2.45, 2.75) is 25.7 Å². The van der Waals surface area contributed by atoms with Crippen molar-refractivity contribution in [2.24, 2.45) is 7.05 Å². The minimum absolute atomic E-state index is 0.164. The Morgan fingerprint density at radius 2 is 2.15 bits per heavy atom. The SMILES string of the molecule is Cn1nc2c(c1C(=O)O)C(C)(C)Cc1cnc(N)nc1-2. The Morgan fingerprint density at radius 3 is 2.80 bits per heavy atom. The van der Waals surface area contributed by atoms with Crippen LogP contribution in [0.2, 0.25) is 0 Å². The van der Waals surface area contributed by atoms with Gasteiger partial charge in [-0.15, -0.1) is 0 Å². The molecule has 2 heterocycles. The highest BCUT2D eigenvalue weighted by Crippen LogP contribution is 2.43. The van der Waals surface area contributed by atoms with Gasteiger partial charge in [-0.3, -0.25) is 4.68 Å². The number of aromatic nitrogens is 4. The maximum Gasteiger partial charge on any atom is 0.354 e. The van der Waals surface area contributed by atoms with Crippen LogP contribution in [0.4, 0.5) is 5.95 Å². The molecule has 0 unspecified atom stereocenters. The van der Waals surface area contributed by atoms with E-state index in [0.29, 0.717) is 23.4 Å². The number of nitrogen functional groups attached to an aromatic ring is 1. The van der Waals surface area contributed by atoms with Gasteiger partial charge < -0.3 is 10.8 Å². The molecule has 2 aromatic heterocycles. The van der Waals surface area contributed by atoms with Crippen molar-refractivity contribution < 1.29 is 9.90 Å². The van der Waals surface area contributed by atoms with E-state index in [1.807, 2.05) is 13.8 Å². The van der Waals surface area contributed by atoms with E-state index < -0.39 is 5.97 Å². The van der Waals surface area contributed by atoms with Crippen molar-refractivity contribution in [3.8, 4) is 11.4 Å². The first-order chi connectivity index (χ1) is 9.31. The van der Waals surface area contributed by atoms with Gasteiger partial charge in [0.1, 0.15) is 11.4 Å². The molecule has 0 aromatic carbocycles. The number of carboxylic acid groups (broad SMARTS) is 1. The largest absolute Gasteiger partial charge is 0.477 e. The standard InChI is InChI=1S/C13H15N5O2/c1-13(2)4-6-5-15-12(14)16-8(6)9-7(13)10(11(19)20)18(3)17-9/h5H,4H2,1-3H3,(H,19,20)(H2,14,15,16). The lowest BCUT2D eigenvalue weighted by molar-refractivity contribution is 0.0682. The third-order valence-corrected chi connectivity index (χ3v) is 3.67. The molecule has 1 aliphatic carbocycles. The molecule has 7 nitrogen and oxygen atoms in total. The summed E-state index contributed by atoms with van der Waals surface area (Å²) in [7, 11) is 1.63.